The van der Waals surface area contributed by atoms with Crippen molar-refractivity contribution in [3.8, 4) is 5.75 Å². The Labute approximate surface area is 157 Å². The second-order valence-corrected chi connectivity index (χ2v) is 8.11. The Bertz CT molecular complexity index is 605. The molecule has 1 N–H and O–H groups in total. The van der Waals surface area contributed by atoms with Gasteiger partial charge in [0.1, 0.15) is 5.75 Å². The molecule has 0 spiro atoms. The monoisotopic (exact) mass is 360 g/mol. The molecule has 26 heavy (non-hydrogen) atoms. The number of benzene rings is 1. The molecule has 0 aromatic heterocycles. The van der Waals surface area contributed by atoms with Crippen LogP contribution in [0.15, 0.2) is 24.3 Å². The molecule has 1 saturated heterocycles. The fourth-order valence-corrected chi connectivity index (χ4v) is 3.23. The highest BCUT2D eigenvalue weighted by atomic mass is 16.5. The van der Waals surface area contributed by atoms with Gasteiger partial charge in [-0.05, 0) is 42.4 Å². The second-order valence-electron chi connectivity index (χ2n) is 8.11. The van der Waals surface area contributed by atoms with Gasteiger partial charge < -0.3 is 15.0 Å². The maximum Gasteiger partial charge on any atom is 0.222 e. The van der Waals surface area contributed by atoms with Gasteiger partial charge in [-0.1, -0.05) is 32.9 Å². The first-order valence-corrected chi connectivity index (χ1v) is 9.54. The van der Waals surface area contributed by atoms with Crippen LogP contribution in [0.1, 0.15) is 58.9 Å². The van der Waals surface area contributed by atoms with E-state index in [0.29, 0.717) is 26.0 Å². The number of likely N-dealkylation sites (tertiary alicyclic amines) is 1. The van der Waals surface area contributed by atoms with E-state index in [1.165, 1.54) is 12.5 Å². The molecular formula is C21H32N2O3. The first-order valence-electron chi connectivity index (χ1n) is 9.54. The number of nitrogens with one attached hydrogen (secondary N) is 1. The molecule has 0 saturated carbocycles. The van der Waals surface area contributed by atoms with E-state index in [2.05, 4.69) is 38.2 Å². The highest BCUT2D eigenvalue weighted by Crippen LogP contribution is 2.24. The number of hydrogen-bond donors (Lipinski definition) is 1. The van der Waals surface area contributed by atoms with Crippen LogP contribution >= 0.6 is 0 Å². The van der Waals surface area contributed by atoms with Crippen molar-refractivity contribution in [2.45, 2.75) is 64.8 Å². The number of piperidine rings is 1. The molecule has 1 fully saturated rings. The SMILES string of the molecule is CC(=O)NC1CCCN(C(=O)CCCOc2ccc(C(C)(C)C)cc2)C1. The van der Waals surface area contributed by atoms with Crippen molar-refractivity contribution in [3.63, 3.8) is 0 Å². The Morgan fingerprint density at radius 1 is 1.23 bits per heavy atom. The maximum absolute atomic E-state index is 12.4. The minimum Gasteiger partial charge on any atom is -0.494 e. The van der Waals surface area contributed by atoms with Crippen molar-refractivity contribution in [3.05, 3.63) is 29.8 Å². The molecule has 1 aliphatic heterocycles. The van der Waals surface area contributed by atoms with Crippen LogP contribution in [-0.4, -0.2) is 42.5 Å². The minimum absolute atomic E-state index is 0.0322. The minimum atomic E-state index is -0.0322. The number of nitrogens with zero attached hydrogens (tertiary/aromatic N) is 1. The molecule has 1 aromatic carbocycles. The average molecular weight is 360 g/mol. The van der Waals surface area contributed by atoms with Gasteiger partial charge in [0.2, 0.25) is 11.8 Å². The molecule has 1 aliphatic rings. The molecule has 0 bridgehead atoms. The first kappa shape index (κ1) is 20.3. The topological polar surface area (TPSA) is 58.6 Å². The predicted molar refractivity (Wildman–Crippen MR) is 103 cm³/mol. The molecule has 5 nitrogen and oxygen atoms in total. The maximum atomic E-state index is 12.4. The summed E-state index contributed by atoms with van der Waals surface area (Å²) >= 11 is 0. The fourth-order valence-electron chi connectivity index (χ4n) is 3.23. The first-order chi connectivity index (χ1) is 12.3. The summed E-state index contributed by atoms with van der Waals surface area (Å²) in [5.74, 6) is 0.955. The third kappa shape index (κ3) is 6.36. The van der Waals surface area contributed by atoms with E-state index in [9.17, 15) is 9.59 Å². The van der Waals surface area contributed by atoms with Crippen LogP contribution in [-0.2, 0) is 15.0 Å². The number of carbonyl (C=O) groups is 2. The predicted octanol–water partition coefficient (Wildman–Crippen LogP) is 3.27. The summed E-state index contributed by atoms with van der Waals surface area (Å²) in [6.07, 6.45) is 3.05. The molecule has 2 amide bonds. The van der Waals surface area contributed by atoms with Gasteiger partial charge in [-0.15, -0.1) is 0 Å². The molecule has 1 unspecified atom stereocenters. The number of carbonyl (C=O) groups excluding carboxylic acids is 2. The normalized spacial score (nSPS) is 17.7. The van der Waals surface area contributed by atoms with Gasteiger partial charge in [-0.3, -0.25) is 9.59 Å². The third-order valence-corrected chi connectivity index (χ3v) is 4.71. The van der Waals surface area contributed by atoms with Crippen molar-refractivity contribution in [1.82, 2.24) is 10.2 Å². The summed E-state index contributed by atoms with van der Waals surface area (Å²) in [4.78, 5) is 25.4. The van der Waals surface area contributed by atoms with Gasteiger partial charge in [0.15, 0.2) is 0 Å². The lowest BCUT2D eigenvalue weighted by Crippen LogP contribution is -2.49. The van der Waals surface area contributed by atoms with Crippen LogP contribution < -0.4 is 10.1 Å². The molecule has 0 radical (unpaired) electrons. The molecular weight excluding hydrogens is 328 g/mol. The van der Waals surface area contributed by atoms with Crippen LogP contribution in [0.25, 0.3) is 0 Å². The van der Waals surface area contributed by atoms with Crippen LogP contribution in [0, 0.1) is 0 Å². The summed E-state index contributed by atoms with van der Waals surface area (Å²) in [6, 6.07) is 8.26. The van der Waals surface area contributed by atoms with E-state index in [-0.39, 0.29) is 23.3 Å². The zero-order chi connectivity index (χ0) is 19.2. The smallest absolute Gasteiger partial charge is 0.222 e. The number of amides is 2. The van der Waals surface area contributed by atoms with Gasteiger partial charge in [0, 0.05) is 32.5 Å². The highest BCUT2D eigenvalue weighted by molar-refractivity contribution is 5.77. The van der Waals surface area contributed by atoms with Gasteiger partial charge >= 0.3 is 0 Å². The van der Waals surface area contributed by atoms with E-state index >= 15 is 0 Å². The second kappa shape index (κ2) is 9.06. The van der Waals surface area contributed by atoms with Crippen LogP contribution in [0.4, 0.5) is 0 Å². The average Bonchev–Trinajstić information content (AvgIpc) is 2.58. The molecule has 0 aliphatic carbocycles. The molecule has 144 valence electrons. The molecule has 1 aromatic rings. The van der Waals surface area contributed by atoms with Gasteiger partial charge in [-0.25, -0.2) is 0 Å². The Hall–Kier alpha value is -2.04. The van der Waals surface area contributed by atoms with Crippen LogP contribution in [0.5, 0.6) is 5.75 Å². The Morgan fingerprint density at radius 2 is 1.92 bits per heavy atom. The highest BCUT2D eigenvalue weighted by Gasteiger charge is 2.23. The Kier molecular flexibility index (Phi) is 7.06. The lowest BCUT2D eigenvalue weighted by Gasteiger charge is -2.33. The number of ether oxygens (including phenoxy) is 1. The van der Waals surface area contributed by atoms with Crippen molar-refractivity contribution in [2.75, 3.05) is 19.7 Å². The molecule has 1 atom stereocenters. The Morgan fingerprint density at radius 3 is 2.54 bits per heavy atom. The van der Waals surface area contributed by atoms with Crippen LogP contribution in [0.3, 0.4) is 0 Å². The van der Waals surface area contributed by atoms with E-state index in [1.54, 1.807) is 0 Å². The molecule has 5 heteroatoms. The van der Waals surface area contributed by atoms with Crippen molar-refractivity contribution in [2.24, 2.45) is 0 Å². The van der Waals surface area contributed by atoms with Crippen molar-refractivity contribution < 1.29 is 14.3 Å². The lowest BCUT2D eigenvalue weighted by atomic mass is 9.87. The zero-order valence-electron chi connectivity index (χ0n) is 16.5. The van der Waals surface area contributed by atoms with E-state index in [4.69, 9.17) is 4.74 Å². The van der Waals surface area contributed by atoms with Crippen LogP contribution in [0.2, 0.25) is 0 Å². The fraction of sp³-hybridized carbons (Fsp3) is 0.619. The van der Waals surface area contributed by atoms with Crippen molar-refractivity contribution in [1.29, 1.82) is 0 Å². The summed E-state index contributed by atoms with van der Waals surface area (Å²) < 4.78 is 5.76. The largest absolute Gasteiger partial charge is 0.494 e. The van der Waals surface area contributed by atoms with Gasteiger partial charge in [0.05, 0.1) is 6.61 Å². The summed E-state index contributed by atoms with van der Waals surface area (Å²) in [7, 11) is 0. The van der Waals surface area contributed by atoms with E-state index < -0.39 is 0 Å². The zero-order valence-corrected chi connectivity index (χ0v) is 16.5. The van der Waals surface area contributed by atoms with Gasteiger partial charge in [0.25, 0.3) is 0 Å². The summed E-state index contributed by atoms with van der Waals surface area (Å²) in [5.41, 5.74) is 1.41. The summed E-state index contributed by atoms with van der Waals surface area (Å²) in [6.45, 7) is 10.0. The van der Waals surface area contributed by atoms with E-state index in [1.807, 2.05) is 17.0 Å². The van der Waals surface area contributed by atoms with Crippen molar-refractivity contribution >= 4 is 11.8 Å². The van der Waals surface area contributed by atoms with Gasteiger partial charge in [-0.2, -0.15) is 0 Å². The lowest BCUT2D eigenvalue weighted by molar-refractivity contribution is -0.133. The standard InChI is InChI=1S/C21H32N2O3/c1-16(24)22-18-7-5-13-23(15-18)20(25)8-6-14-26-19-11-9-17(10-12-19)21(2,3)4/h9-12,18H,5-8,13-15H2,1-4H3,(H,22,24). The van der Waals surface area contributed by atoms with E-state index in [0.717, 1.165) is 25.1 Å². The third-order valence-electron chi connectivity index (χ3n) is 4.71. The summed E-state index contributed by atoms with van der Waals surface area (Å²) in [5, 5.41) is 2.91. The number of rotatable bonds is 6. The number of hydrogen-bond acceptors (Lipinski definition) is 3. The Balaban J connectivity index is 1.70. The molecule has 2 rings (SSSR count). The molecule has 1 heterocycles. The quantitative estimate of drug-likeness (QED) is 0.792.